The number of sulfonamides is 1. The van der Waals surface area contributed by atoms with E-state index in [9.17, 15) is 18.0 Å². The second-order valence-electron chi connectivity index (χ2n) is 5.29. The molecule has 0 radical (unpaired) electrons. The van der Waals surface area contributed by atoms with E-state index in [4.69, 9.17) is 4.74 Å². The molecule has 0 fully saturated rings. The van der Waals surface area contributed by atoms with Gasteiger partial charge in [0.25, 0.3) is 0 Å². The first-order valence-electron chi connectivity index (χ1n) is 7.17. The van der Waals surface area contributed by atoms with E-state index >= 15 is 0 Å². The summed E-state index contributed by atoms with van der Waals surface area (Å²) in [5.41, 5.74) is -0.998. The van der Waals surface area contributed by atoms with Gasteiger partial charge in [-0.05, 0) is 38.5 Å². The minimum atomic E-state index is -3.70. The maximum absolute atomic E-state index is 12.2. The average molecular weight is 341 g/mol. The molecule has 126 valence electrons. The first-order valence-corrected chi connectivity index (χ1v) is 8.65. The molecule has 0 unspecified atom stereocenters. The molecule has 0 aliphatic carbocycles. The van der Waals surface area contributed by atoms with Gasteiger partial charge in [0.05, 0.1) is 22.0 Å². The van der Waals surface area contributed by atoms with Crippen molar-refractivity contribution in [3.05, 3.63) is 38.9 Å². The first kappa shape index (κ1) is 17.4. The highest BCUT2D eigenvalue weighted by molar-refractivity contribution is 7.89. The fraction of sp³-hybridized carbons (Fsp3) is 0.429. The number of hydrogen-bond acceptors (Lipinski definition) is 5. The standard InChI is InChI=1S/C14H19N3O5S/c1-9(2)22-7-3-6-15-23(20,21)10-4-5-11-12(8-10)17-14(19)13(18)16-11/h4-5,8-9,15H,3,6-7H2,1-2H3,(H,16,18)(H,17,19). The first-order chi connectivity index (χ1) is 10.8. The second-order valence-corrected chi connectivity index (χ2v) is 7.05. The Balaban J connectivity index is 2.13. The fourth-order valence-electron chi connectivity index (χ4n) is 1.94. The van der Waals surface area contributed by atoms with Crippen molar-refractivity contribution in [1.29, 1.82) is 0 Å². The summed E-state index contributed by atoms with van der Waals surface area (Å²) in [6, 6.07) is 4.10. The third-order valence-electron chi connectivity index (χ3n) is 3.07. The lowest BCUT2D eigenvalue weighted by Gasteiger charge is -2.09. The normalized spacial score (nSPS) is 12.1. The molecule has 0 saturated heterocycles. The van der Waals surface area contributed by atoms with Gasteiger partial charge in [-0.3, -0.25) is 9.59 Å². The lowest BCUT2D eigenvalue weighted by molar-refractivity contribution is 0.0778. The minimum Gasteiger partial charge on any atom is -0.379 e. The number of ether oxygens (including phenoxy) is 1. The third-order valence-corrected chi connectivity index (χ3v) is 4.53. The molecule has 3 N–H and O–H groups in total. The van der Waals surface area contributed by atoms with Crippen LogP contribution in [-0.2, 0) is 14.8 Å². The smallest absolute Gasteiger partial charge is 0.314 e. The van der Waals surface area contributed by atoms with E-state index in [0.29, 0.717) is 18.5 Å². The molecule has 0 spiro atoms. The number of fused-ring (bicyclic) bond motifs is 1. The SMILES string of the molecule is CC(C)OCCCNS(=O)(=O)c1ccc2[nH]c(=O)c(=O)[nH]c2c1. The number of aromatic nitrogens is 2. The molecule has 0 aliphatic rings. The summed E-state index contributed by atoms with van der Waals surface area (Å²) in [4.78, 5) is 27.3. The van der Waals surface area contributed by atoms with E-state index in [1.54, 1.807) is 0 Å². The molecule has 1 aromatic carbocycles. The van der Waals surface area contributed by atoms with Crippen LogP contribution in [0.1, 0.15) is 20.3 Å². The van der Waals surface area contributed by atoms with Crippen molar-refractivity contribution in [3.8, 4) is 0 Å². The van der Waals surface area contributed by atoms with Gasteiger partial charge in [0.2, 0.25) is 10.0 Å². The van der Waals surface area contributed by atoms with Gasteiger partial charge in [-0.15, -0.1) is 0 Å². The van der Waals surface area contributed by atoms with Crippen LogP contribution in [0.4, 0.5) is 0 Å². The number of aromatic amines is 2. The molecule has 0 saturated carbocycles. The highest BCUT2D eigenvalue weighted by Gasteiger charge is 2.14. The van der Waals surface area contributed by atoms with Crippen LogP contribution >= 0.6 is 0 Å². The van der Waals surface area contributed by atoms with Gasteiger partial charge in [0.15, 0.2) is 0 Å². The highest BCUT2D eigenvalue weighted by Crippen LogP contribution is 2.14. The Morgan fingerprint density at radius 2 is 1.78 bits per heavy atom. The van der Waals surface area contributed by atoms with Crippen LogP contribution in [-0.4, -0.2) is 37.6 Å². The van der Waals surface area contributed by atoms with Crippen molar-refractivity contribution in [1.82, 2.24) is 14.7 Å². The Kier molecular flexibility index (Phi) is 5.34. The van der Waals surface area contributed by atoms with Crippen LogP contribution in [0.2, 0.25) is 0 Å². The molecule has 2 aromatic rings. The zero-order chi connectivity index (χ0) is 17.0. The highest BCUT2D eigenvalue weighted by atomic mass is 32.2. The van der Waals surface area contributed by atoms with E-state index in [-0.39, 0.29) is 23.1 Å². The predicted octanol–water partition coefficient (Wildman–Crippen LogP) is 0.310. The zero-order valence-corrected chi connectivity index (χ0v) is 13.7. The minimum absolute atomic E-state index is 0.0116. The molecular weight excluding hydrogens is 322 g/mol. The summed E-state index contributed by atoms with van der Waals surface area (Å²) in [6.45, 7) is 4.52. The van der Waals surface area contributed by atoms with Crippen LogP contribution < -0.4 is 15.8 Å². The van der Waals surface area contributed by atoms with Crippen molar-refractivity contribution in [2.45, 2.75) is 31.3 Å². The molecule has 0 bridgehead atoms. The topological polar surface area (TPSA) is 121 Å². The summed E-state index contributed by atoms with van der Waals surface area (Å²) in [6.07, 6.45) is 0.654. The van der Waals surface area contributed by atoms with Crippen molar-refractivity contribution >= 4 is 21.1 Å². The lowest BCUT2D eigenvalue weighted by atomic mass is 10.3. The van der Waals surface area contributed by atoms with Crippen molar-refractivity contribution in [2.75, 3.05) is 13.2 Å². The number of nitrogens with one attached hydrogen (secondary N) is 3. The predicted molar refractivity (Wildman–Crippen MR) is 86.1 cm³/mol. The Morgan fingerprint density at radius 3 is 2.43 bits per heavy atom. The summed E-state index contributed by atoms with van der Waals surface area (Å²) in [5.74, 6) is 0. The number of rotatable bonds is 7. The van der Waals surface area contributed by atoms with Gasteiger partial charge in [0, 0.05) is 13.2 Å². The fourth-order valence-corrected chi connectivity index (χ4v) is 3.04. The second kappa shape index (κ2) is 7.07. The Morgan fingerprint density at radius 1 is 1.13 bits per heavy atom. The van der Waals surface area contributed by atoms with Crippen molar-refractivity contribution in [3.63, 3.8) is 0 Å². The average Bonchev–Trinajstić information content (AvgIpc) is 2.47. The van der Waals surface area contributed by atoms with Gasteiger partial charge in [-0.2, -0.15) is 0 Å². The summed E-state index contributed by atoms with van der Waals surface area (Å²) < 4.78 is 32.2. The summed E-state index contributed by atoms with van der Waals surface area (Å²) in [5, 5.41) is 0. The zero-order valence-electron chi connectivity index (χ0n) is 12.9. The molecular formula is C14H19N3O5S. The van der Waals surface area contributed by atoms with E-state index in [2.05, 4.69) is 14.7 Å². The molecule has 1 heterocycles. The molecule has 9 heteroatoms. The maximum Gasteiger partial charge on any atom is 0.314 e. The lowest BCUT2D eigenvalue weighted by Crippen LogP contribution is -2.29. The molecule has 2 rings (SSSR count). The van der Waals surface area contributed by atoms with Crippen LogP contribution in [0.25, 0.3) is 11.0 Å². The van der Waals surface area contributed by atoms with Gasteiger partial charge < -0.3 is 14.7 Å². The largest absolute Gasteiger partial charge is 0.379 e. The maximum atomic E-state index is 12.2. The molecule has 23 heavy (non-hydrogen) atoms. The molecule has 0 atom stereocenters. The monoisotopic (exact) mass is 341 g/mol. The van der Waals surface area contributed by atoms with Crippen LogP contribution in [0.15, 0.2) is 32.7 Å². The third kappa shape index (κ3) is 4.50. The Hall–Kier alpha value is -1.97. The van der Waals surface area contributed by atoms with Crippen molar-refractivity contribution < 1.29 is 13.2 Å². The van der Waals surface area contributed by atoms with Crippen molar-refractivity contribution in [2.24, 2.45) is 0 Å². The van der Waals surface area contributed by atoms with E-state index in [1.807, 2.05) is 13.8 Å². The summed E-state index contributed by atoms with van der Waals surface area (Å²) >= 11 is 0. The van der Waals surface area contributed by atoms with E-state index in [1.165, 1.54) is 18.2 Å². The quantitative estimate of drug-likeness (QED) is 0.494. The Bertz CT molecular complexity index is 899. The Labute approximate surface area is 132 Å². The molecule has 0 amide bonds. The molecule has 0 aliphatic heterocycles. The van der Waals surface area contributed by atoms with Gasteiger partial charge in [-0.1, -0.05) is 0 Å². The van der Waals surface area contributed by atoms with Crippen LogP contribution in [0.3, 0.4) is 0 Å². The van der Waals surface area contributed by atoms with Gasteiger partial charge in [0.1, 0.15) is 0 Å². The van der Waals surface area contributed by atoms with Gasteiger partial charge >= 0.3 is 11.1 Å². The van der Waals surface area contributed by atoms with Crippen LogP contribution in [0, 0.1) is 0 Å². The molecule has 8 nitrogen and oxygen atoms in total. The molecule has 1 aromatic heterocycles. The number of H-pyrrole nitrogens is 2. The van der Waals surface area contributed by atoms with E-state index in [0.717, 1.165) is 0 Å². The summed E-state index contributed by atoms with van der Waals surface area (Å²) in [7, 11) is -3.70. The van der Waals surface area contributed by atoms with Gasteiger partial charge in [-0.25, -0.2) is 13.1 Å². The number of benzene rings is 1. The van der Waals surface area contributed by atoms with Crippen LogP contribution in [0.5, 0.6) is 0 Å². The number of hydrogen-bond donors (Lipinski definition) is 3. The van der Waals surface area contributed by atoms with E-state index < -0.39 is 21.1 Å².